The average molecular weight is 313 g/mol. The van der Waals surface area contributed by atoms with E-state index in [4.69, 9.17) is 28.3 Å². The summed E-state index contributed by atoms with van der Waals surface area (Å²) in [6.07, 6.45) is 3.83. The van der Waals surface area contributed by atoms with Crippen LogP contribution in [0.5, 0.6) is 0 Å². The summed E-state index contributed by atoms with van der Waals surface area (Å²) in [6, 6.07) is 3.31. The average Bonchev–Trinajstić information content (AvgIpc) is 2.45. The summed E-state index contributed by atoms with van der Waals surface area (Å²) < 4.78 is 0. The first-order chi connectivity index (χ1) is 9.47. The topological polar surface area (TPSA) is 63.1 Å². The number of aliphatic hydroxyl groups excluding tert-OH is 1. The molecule has 2 rings (SSSR count). The van der Waals surface area contributed by atoms with Crippen molar-refractivity contribution < 1.29 is 9.90 Å². The summed E-state index contributed by atoms with van der Waals surface area (Å²) in [5.74, 6) is 0. The molecule has 2 heterocycles. The highest BCUT2D eigenvalue weighted by molar-refractivity contribution is 6.31. The molecule has 0 amide bonds. The SMILES string of the molecule is Cc1ncc(C=O)cc1Cl.Cc1ncc(CO)cc1Cl. The van der Waals surface area contributed by atoms with Crippen molar-refractivity contribution in [2.75, 3.05) is 0 Å². The normalized spacial score (nSPS) is 9.65. The van der Waals surface area contributed by atoms with Crippen molar-refractivity contribution in [1.82, 2.24) is 9.97 Å². The van der Waals surface area contributed by atoms with E-state index >= 15 is 0 Å². The third kappa shape index (κ3) is 4.89. The number of aliphatic hydroxyl groups is 1. The molecule has 2 aromatic rings. The molecule has 0 radical (unpaired) electrons. The lowest BCUT2D eigenvalue weighted by Crippen LogP contribution is -1.87. The molecule has 2 aromatic heterocycles. The minimum Gasteiger partial charge on any atom is -0.392 e. The molecule has 0 aliphatic carbocycles. The third-order valence-corrected chi connectivity index (χ3v) is 3.21. The van der Waals surface area contributed by atoms with Gasteiger partial charge in [-0.05, 0) is 31.5 Å². The first-order valence-electron chi connectivity index (χ1n) is 5.77. The molecule has 0 saturated carbocycles. The van der Waals surface area contributed by atoms with Gasteiger partial charge in [-0.15, -0.1) is 0 Å². The summed E-state index contributed by atoms with van der Waals surface area (Å²) in [7, 11) is 0. The Hall–Kier alpha value is -1.49. The smallest absolute Gasteiger partial charge is 0.151 e. The van der Waals surface area contributed by atoms with Gasteiger partial charge < -0.3 is 5.11 Å². The molecule has 0 saturated heterocycles. The first kappa shape index (κ1) is 16.6. The number of aryl methyl sites for hydroxylation is 2. The van der Waals surface area contributed by atoms with Crippen LogP contribution in [-0.4, -0.2) is 21.4 Å². The maximum Gasteiger partial charge on any atom is 0.151 e. The van der Waals surface area contributed by atoms with Crippen LogP contribution < -0.4 is 0 Å². The number of rotatable bonds is 2. The number of hydrogen-bond acceptors (Lipinski definition) is 4. The Morgan fingerprint density at radius 2 is 1.65 bits per heavy atom. The molecule has 0 spiro atoms. The number of pyridine rings is 2. The van der Waals surface area contributed by atoms with Crippen molar-refractivity contribution in [2.24, 2.45) is 0 Å². The largest absolute Gasteiger partial charge is 0.392 e. The Balaban J connectivity index is 0.000000200. The zero-order valence-corrected chi connectivity index (χ0v) is 12.6. The maximum absolute atomic E-state index is 10.2. The second kappa shape index (κ2) is 7.94. The van der Waals surface area contributed by atoms with Gasteiger partial charge >= 0.3 is 0 Å². The van der Waals surface area contributed by atoms with E-state index in [1.165, 1.54) is 6.20 Å². The molecule has 0 unspecified atom stereocenters. The van der Waals surface area contributed by atoms with E-state index in [1.807, 2.05) is 6.92 Å². The molecule has 1 N–H and O–H groups in total. The number of hydrogen-bond donors (Lipinski definition) is 1. The molecule has 0 aliphatic rings. The third-order valence-electron chi connectivity index (χ3n) is 2.45. The highest BCUT2D eigenvalue weighted by Gasteiger charge is 1.97. The lowest BCUT2D eigenvalue weighted by molar-refractivity contribution is 0.112. The Morgan fingerprint density at radius 1 is 1.10 bits per heavy atom. The number of carbonyl (C=O) groups excluding carboxylic acids is 1. The van der Waals surface area contributed by atoms with Gasteiger partial charge in [-0.3, -0.25) is 14.8 Å². The zero-order valence-electron chi connectivity index (χ0n) is 11.1. The molecular weight excluding hydrogens is 299 g/mol. The number of aromatic nitrogens is 2. The van der Waals surface area contributed by atoms with E-state index in [0.717, 1.165) is 23.2 Å². The molecule has 20 heavy (non-hydrogen) atoms. The molecular formula is C14H14Cl2N2O2. The fraction of sp³-hybridized carbons (Fsp3) is 0.214. The molecule has 0 aliphatic heterocycles. The van der Waals surface area contributed by atoms with Crippen molar-refractivity contribution >= 4 is 29.5 Å². The van der Waals surface area contributed by atoms with Crippen LogP contribution in [0.25, 0.3) is 0 Å². The van der Waals surface area contributed by atoms with E-state index < -0.39 is 0 Å². The quantitative estimate of drug-likeness (QED) is 0.863. The van der Waals surface area contributed by atoms with Gasteiger partial charge in [0.25, 0.3) is 0 Å². The van der Waals surface area contributed by atoms with Crippen molar-refractivity contribution in [2.45, 2.75) is 20.5 Å². The molecule has 4 nitrogen and oxygen atoms in total. The fourth-order valence-corrected chi connectivity index (χ4v) is 1.58. The number of aldehydes is 1. The second-order valence-corrected chi connectivity index (χ2v) is 4.84. The maximum atomic E-state index is 10.2. The van der Waals surface area contributed by atoms with Crippen LogP contribution in [0.15, 0.2) is 24.5 Å². The second-order valence-electron chi connectivity index (χ2n) is 4.02. The minimum absolute atomic E-state index is 0.00694. The number of carbonyl (C=O) groups is 1. The Kier molecular flexibility index (Phi) is 6.58. The summed E-state index contributed by atoms with van der Waals surface area (Å²) in [5.41, 5.74) is 2.79. The molecule has 0 bridgehead atoms. The number of nitrogens with zero attached hydrogens (tertiary/aromatic N) is 2. The highest BCUT2D eigenvalue weighted by atomic mass is 35.5. The Labute approximate surface area is 127 Å². The van der Waals surface area contributed by atoms with Gasteiger partial charge in [0.2, 0.25) is 0 Å². The first-order valence-corrected chi connectivity index (χ1v) is 6.52. The molecule has 0 fully saturated rings. The van der Waals surface area contributed by atoms with Gasteiger partial charge in [0.05, 0.1) is 28.0 Å². The van der Waals surface area contributed by atoms with Crippen molar-refractivity contribution in [3.8, 4) is 0 Å². The van der Waals surface area contributed by atoms with E-state index in [1.54, 1.807) is 25.3 Å². The van der Waals surface area contributed by atoms with Crippen LogP contribution in [0, 0.1) is 13.8 Å². The minimum atomic E-state index is -0.00694. The molecule has 106 valence electrons. The van der Waals surface area contributed by atoms with E-state index in [2.05, 4.69) is 9.97 Å². The predicted octanol–water partition coefficient (Wildman–Crippen LogP) is 3.39. The van der Waals surface area contributed by atoms with Crippen molar-refractivity contribution in [1.29, 1.82) is 0 Å². The van der Waals surface area contributed by atoms with Crippen molar-refractivity contribution in [3.63, 3.8) is 0 Å². The lowest BCUT2D eigenvalue weighted by atomic mass is 10.3. The summed E-state index contributed by atoms with van der Waals surface area (Å²) in [5, 5.41) is 9.79. The van der Waals surface area contributed by atoms with Crippen LogP contribution in [0.2, 0.25) is 10.0 Å². The van der Waals surface area contributed by atoms with Gasteiger partial charge in [0, 0.05) is 18.0 Å². The molecule has 0 atom stereocenters. The van der Waals surface area contributed by atoms with Gasteiger partial charge in [-0.1, -0.05) is 23.2 Å². The Bertz CT molecular complexity index is 604. The highest BCUT2D eigenvalue weighted by Crippen LogP contribution is 2.13. The van der Waals surface area contributed by atoms with Crippen LogP contribution in [0.1, 0.15) is 27.3 Å². The van der Waals surface area contributed by atoms with Crippen LogP contribution in [0.3, 0.4) is 0 Å². The lowest BCUT2D eigenvalue weighted by Gasteiger charge is -1.97. The number of halogens is 2. The standard InChI is InChI=1S/C7H8ClNO.C7H6ClNO/c2*1-5-7(8)2-6(4-10)3-9-5/h2-3,10H,4H2,1H3;2-4H,1H3. The van der Waals surface area contributed by atoms with E-state index in [-0.39, 0.29) is 6.61 Å². The zero-order chi connectivity index (χ0) is 15.1. The van der Waals surface area contributed by atoms with Crippen LogP contribution in [-0.2, 0) is 6.61 Å². The van der Waals surface area contributed by atoms with Gasteiger partial charge in [-0.25, -0.2) is 0 Å². The summed E-state index contributed by atoms with van der Waals surface area (Å²) >= 11 is 11.4. The summed E-state index contributed by atoms with van der Waals surface area (Å²) in [6.45, 7) is 3.60. The van der Waals surface area contributed by atoms with Crippen LogP contribution >= 0.6 is 23.2 Å². The van der Waals surface area contributed by atoms with Gasteiger partial charge in [-0.2, -0.15) is 0 Å². The van der Waals surface area contributed by atoms with E-state index in [9.17, 15) is 4.79 Å². The van der Waals surface area contributed by atoms with Gasteiger partial charge in [0.1, 0.15) is 0 Å². The van der Waals surface area contributed by atoms with E-state index in [0.29, 0.717) is 15.6 Å². The van der Waals surface area contributed by atoms with Crippen LogP contribution in [0.4, 0.5) is 0 Å². The van der Waals surface area contributed by atoms with Crippen molar-refractivity contribution in [3.05, 3.63) is 57.1 Å². The Morgan fingerprint density at radius 3 is 2.10 bits per heavy atom. The monoisotopic (exact) mass is 312 g/mol. The summed E-state index contributed by atoms with van der Waals surface area (Å²) in [4.78, 5) is 18.0. The molecule has 6 heteroatoms. The molecule has 0 aromatic carbocycles. The predicted molar refractivity (Wildman–Crippen MR) is 79.3 cm³/mol. The van der Waals surface area contributed by atoms with Gasteiger partial charge in [0.15, 0.2) is 6.29 Å². The fourth-order valence-electron chi connectivity index (χ4n) is 1.22.